The monoisotopic (exact) mass is 232 g/mol. The van der Waals surface area contributed by atoms with Crippen LogP contribution in [0.15, 0.2) is 24.5 Å². The molecule has 0 atom stereocenters. The minimum Gasteiger partial charge on any atom is -0.505 e. The number of hydrogen-bond acceptors (Lipinski definition) is 4. The summed E-state index contributed by atoms with van der Waals surface area (Å²) in [5, 5.41) is 17.8. The summed E-state index contributed by atoms with van der Waals surface area (Å²) in [4.78, 5) is 0. The van der Waals surface area contributed by atoms with Crippen LogP contribution in [0.3, 0.4) is 0 Å². The van der Waals surface area contributed by atoms with Crippen molar-refractivity contribution >= 4 is 5.69 Å². The van der Waals surface area contributed by atoms with Gasteiger partial charge in [0.2, 0.25) is 0 Å². The fraction of sp³-hybridized carbons (Fsp3) is 0.333. The molecule has 0 radical (unpaired) electrons. The maximum absolute atomic E-state index is 9.92. The standard InChI is InChI=1S/C12H16N4O/c1-8(2)6-16-7-14-15-12(16)9-4-3-5-10(13)11(9)17/h3-5,7-8,17H,6,13H2,1-2H3. The zero-order valence-electron chi connectivity index (χ0n) is 9.96. The molecule has 0 spiro atoms. The van der Waals surface area contributed by atoms with Gasteiger partial charge in [-0.05, 0) is 18.1 Å². The summed E-state index contributed by atoms with van der Waals surface area (Å²) in [6.07, 6.45) is 1.66. The van der Waals surface area contributed by atoms with Gasteiger partial charge in [-0.1, -0.05) is 19.9 Å². The molecule has 1 aromatic carbocycles. The van der Waals surface area contributed by atoms with E-state index in [0.29, 0.717) is 23.0 Å². The molecule has 0 aliphatic heterocycles. The Hall–Kier alpha value is -2.04. The van der Waals surface area contributed by atoms with Crippen molar-refractivity contribution in [2.75, 3.05) is 5.73 Å². The lowest BCUT2D eigenvalue weighted by molar-refractivity contribution is 0.477. The summed E-state index contributed by atoms with van der Waals surface area (Å²) < 4.78 is 1.92. The van der Waals surface area contributed by atoms with Crippen LogP contribution in [-0.2, 0) is 6.54 Å². The van der Waals surface area contributed by atoms with E-state index in [1.807, 2.05) is 4.57 Å². The first kappa shape index (κ1) is 11.4. The number of hydrogen-bond donors (Lipinski definition) is 2. The molecular formula is C12H16N4O. The van der Waals surface area contributed by atoms with Gasteiger partial charge in [-0.2, -0.15) is 0 Å². The number of nitrogen functional groups attached to an aromatic ring is 1. The second kappa shape index (κ2) is 4.45. The molecule has 5 heteroatoms. The highest BCUT2D eigenvalue weighted by Crippen LogP contribution is 2.32. The number of aromatic nitrogens is 3. The van der Waals surface area contributed by atoms with Crippen molar-refractivity contribution < 1.29 is 5.11 Å². The van der Waals surface area contributed by atoms with E-state index in [1.54, 1.807) is 24.5 Å². The van der Waals surface area contributed by atoms with Crippen molar-refractivity contribution in [2.45, 2.75) is 20.4 Å². The Labute approximate surface area is 99.9 Å². The second-order valence-corrected chi connectivity index (χ2v) is 4.44. The fourth-order valence-electron chi connectivity index (χ4n) is 1.73. The number of phenolic OH excluding ortho intramolecular Hbond substituents is 1. The molecule has 90 valence electrons. The zero-order valence-corrected chi connectivity index (χ0v) is 9.96. The van der Waals surface area contributed by atoms with Crippen LogP contribution in [0.5, 0.6) is 5.75 Å². The number of phenols is 1. The average molecular weight is 232 g/mol. The second-order valence-electron chi connectivity index (χ2n) is 4.44. The summed E-state index contributed by atoms with van der Waals surface area (Å²) in [6, 6.07) is 5.23. The number of nitrogens with two attached hydrogens (primary N) is 1. The first-order valence-electron chi connectivity index (χ1n) is 5.55. The molecule has 0 amide bonds. The van der Waals surface area contributed by atoms with E-state index in [9.17, 15) is 5.11 Å². The maximum Gasteiger partial charge on any atom is 0.167 e. The van der Waals surface area contributed by atoms with E-state index in [0.717, 1.165) is 6.54 Å². The predicted octanol–water partition coefficient (Wildman–Crippen LogP) is 1.89. The van der Waals surface area contributed by atoms with Crippen molar-refractivity contribution in [3.8, 4) is 17.1 Å². The van der Waals surface area contributed by atoms with Crippen LogP contribution in [0, 0.1) is 5.92 Å². The highest BCUT2D eigenvalue weighted by Gasteiger charge is 2.13. The Morgan fingerprint density at radius 1 is 1.41 bits per heavy atom. The predicted molar refractivity (Wildman–Crippen MR) is 66.4 cm³/mol. The lowest BCUT2D eigenvalue weighted by Gasteiger charge is -2.10. The Balaban J connectivity index is 2.46. The number of nitrogens with zero attached hydrogens (tertiary/aromatic N) is 3. The van der Waals surface area contributed by atoms with Gasteiger partial charge in [-0.15, -0.1) is 10.2 Å². The van der Waals surface area contributed by atoms with E-state index in [2.05, 4.69) is 24.0 Å². The molecule has 0 aliphatic carbocycles. The van der Waals surface area contributed by atoms with Crippen LogP contribution in [0.2, 0.25) is 0 Å². The van der Waals surface area contributed by atoms with Gasteiger partial charge in [0.1, 0.15) is 12.1 Å². The quantitative estimate of drug-likeness (QED) is 0.625. The van der Waals surface area contributed by atoms with E-state index >= 15 is 0 Å². The van der Waals surface area contributed by atoms with Gasteiger partial charge in [0, 0.05) is 6.54 Å². The zero-order chi connectivity index (χ0) is 12.4. The molecule has 0 saturated heterocycles. The van der Waals surface area contributed by atoms with Crippen LogP contribution in [0.1, 0.15) is 13.8 Å². The van der Waals surface area contributed by atoms with Gasteiger partial charge in [0.15, 0.2) is 5.82 Å². The summed E-state index contributed by atoms with van der Waals surface area (Å²) in [6.45, 7) is 5.03. The SMILES string of the molecule is CC(C)Cn1cnnc1-c1cccc(N)c1O. The molecule has 0 unspecified atom stereocenters. The maximum atomic E-state index is 9.92. The number of aromatic hydroxyl groups is 1. The summed E-state index contributed by atoms with van der Waals surface area (Å²) in [5.41, 5.74) is 6.63. The molecule has 0 fully saturated rings. The highest BCUT2D eigenvalue weighted by atomic mass is 16.3. The Kier molecular flexibility index (Phi) is 2.99. The highest BCUT2D eigenvalue weighted by molar-refractivity contribution is 5.72. The van der Waals surface area contributed by atoms with Crippen molar-refractivity contribution in [3.63, 3.8) is 0 Å². The van der Waals surface area contributed by atoms with Gasteiger partial charge >= 0.3 is 0 Å². The first-order valence-corrected chi connectivity index (χ1v) is 5.55. The largest absolute Gasteiger partial charge is 0.505 e. The van der Waals surface area contributed by atoms with Crippen molar-refractivity contribution in [1.82, 2.24) is 14.8 Å². The third-order valence-corrected chi connectivity index (χ3v) is 2.49. The minimum atomic E-state index is 0.0607. The molecule has 0 aliphatic rings. The molecule has 17 heavy (non-hydrogen) atoms. The number of para-hydroxylation sites is 1. The molecule has 1 heterocycles. The number of anilines is 1. The number of benzene rings is 1. The third-order valence-electron chi connectivity index (χ3n) is 2.49. The van der Waals surface area contributed by atoms with Crippen LogP contribution in [0.4, 0.5) is 5.69 Å². The molecule has 1 aromatic heterocycles. The minimum absolute atomic E-state index is 0.0607. The van der Waals surface area contributed by atoms with Crippen LogP contribution in [0.25, 0.3) is 11.4 Å². The topological polar surface area (TPSA) is 77.0 Å². The molecule has 2 aromatic rings. The Morgan fingerprint density at radius 3 is 2.88 bits per heavy atom. The first-order chi connectivity index (χ1) is 8.09. The van der Waals surface area contributed by atoms with E-state index in [1.165, 1.54) is 0 Å². The Morgan fingerprint density at radius 2 is 2.18 bits per heavy atom. The lowest BCUT2D eigenvalue weighted by atomic mass is 10.1. The molecular weight excluding hydrogens is 216 g/mol. The Bertz CT molecular complexity index is 519. The molecule has 0 saturated carbocycles. The van der Waals surface area contributed by atoms with Crippen molar-refractivity contribution in [1.29, 1.82) is 0 Å². The lowest BCUT2D eigenvalue weighted by Crippen LogP contribution is -2.05. The van der Waals surface area contributed by atoms with Crippen molar-refractivity contribution in [3.05, 3.63) is 24.5 Å². The molecule has 0 bridgehead atoms. The van der Waals surface area contributed by atoms with E-state index < -0.39 is 0 Å². The van der Waals surface area contributed by atoms with Gasteiger partial charge in [-0.25, -0.2) is 0 Å². The third kappa shape index (κ3) is 2.22. The molecule has 5 nitrogen and oxygen atoms in total. The normalized spacial score (nSPS) is 11.0. The molecule has 3 N–H and O–H groups in total. The van der Waals surface area contributed by atoms with Crippen molar-refractivity contribution in [2.24, 2.45) is 5.92 Å². The smallest absolute Gasteiger partial charge is 0.167 e. The average Bonchev–Trinajstić information content (AvgIpc) is 2.69. The fourth-order valence-corrected chi connectivity index (χ4v) is 1.73. The van der Waals surface area contributed by atoms with E-state index in [-0.39, 0.29) is 5.75 Å². The van der Waals surface area contributed by atoms with Gasteiger partial charge < -0.3 is 15.4 Å². The number of rotatable bonds is 3. The van der Waals surface area contributed by atoms with Gasteiger partial charge in [0.25, 0.3) is 0 Å². The van der Waals surface area contributed by atoms with Crippen LogP contribution in [-0.4, -0.2) is 19.9 Å². The summed E-state index contributed by atoms with van der Waals surface area (Å²) in [7, 11) is 0. The van der Waals surface area contributed by atoms with Crippen LogP contribution < -0.4 is 5.73 Å². The molecule has 2 rings (SSSR count). The van der Waals surface area contributed by atoms with Crippen LogP contribution >= 0.6 is 0 Å². The summed E-state index contributed by atoms with van der Waals surface area (Å²) in [5.74, 6) is 1.18. The van der Waals surface area contributed by atoms with E-state index in [4.69, 9.17) is 5.73 Å². The summed E-state index contributed by atoms with van der Waals surface area (Å²) >= 11 is 0. The van der Waals surface area contributed by atoms with Gasteiger partial charge in [0.05, 0.1) is 11.3 Å². The van der Waals surface area contributed by atoms with Gasteiger partial charge in [-0.3, -0.25) is 0 Å².